The van der Waals surface area contributed by atoms with Gasteiger partial charge in [-0.05, 0) is 113 Å². The maximum absolute atomic E-state index is 13.4. The number of nitrogens with one attached hydrogen (secondary N) is 1. The Balaban J connectivity index is 0.733. The summed E-state index contributed by atoms with van der Waals surface area (Å²) in [5.41, 5.74) is 6.78. The van der Waals surface area contributed by atoms with E-state index in [1.54, 1.807) is 11.0 Å². The standard InChI is InChI=1S/C46H49ClN6O5/c47-34-5-4-6-35-39(34)42(56)49-44-46(16-2-1-3-17-46)32-9-7-29(25-37(32)53(35)44)51-21-14-28(15-22-51)13-20-50-23-18-45(19-24-50)27-58-40-31-26-52(36-11-12-38(54)48-41(36)55)43(57)30(31)8-10-33(40)45/h4-10,25,28,36H,1-3,11-24,26-27H2,(H,48,54,55)/t36-/m0/s1. The van der Waals surface area contributed by atoms with E-state index >= 15 is 0 Å². The second-order valence-corrected chi connectivity index (χ2v) is 18.5. The van der Waals surface area contributed by atoms with E-state index < -0.39 is 6.04 Å². The molecule has 1 saturated carbocycles. The maximum Gasteiger partial charge on any atom is 0.282 e. The van der Waals surface area contributed by atoms with E-state index in [2.05, 4.69) is 43.9 Å². The van der Waals surface area contributed by atoms with Crippen LogP contribution in [0, 0.1) is 5.92 Å². The Morgan fingerprint density at radius 3 is 2.47 bits per heavy atom. The fraction of sp³-hybridized carbons (Fsp3) is 0.500. The minimum atomic E-state index is -0.626. The van der Waals surface area contributed by atoms with Gasteiger partial charge in [0, 0.05) is 47.3 Å². The maximum atomic E-state index is 13.4. The number of halogens is 1. The van der Waals surface area contributed by atoms with Crippen molar-refractivity contribution >= 4 is 45.9 Å². The van der Waals surface area contributed by atoms with Gasteiger partial charge in [0.2, 0.25) is 11.8 Å². The van der Waals surface area contributed by atoms with Crippen molar-refractivity contribution < 1.29 is 19.1 Å². The van der Waals surface area contributed by atoms with Crippen LogP contribution in [0.15, 0.2) is 53.3 Å². The number of hydrogen-bond donors (Lipinski definition) is 1. The number of aromatic nitrogens is 2. The summed E-state index contributed by atoms with van der Waals surface area (Å²) in [6.45, 7) is 6.19. The number of piperidine rings is 3. The van der Waals surface area contributed by atoms with Gasteiger partial charge < -0.3 is 19.4 Å². The molecule has 0 radical (unpaired) electrons. The fourth-order valence-corrected chi connectivity index (χ4v) is 12.1. The van der Waals surface area contributed by atoms with E-state index in [0.717, 1.165) is 99.6 Å². The zero-order valence-corrected chi connectivity index (χ0v) is 33.6. The van der Waals surface area contributed by atoms with Crippen LogP contribution in [0.3, 0.4) is 0 Å². The smallest absolute Gasteiger partial charge is 0.282 e. The molecule has 6 aliphatic heterocycles. The molecule has 3 aromatic carbocycles. The molecule has 4 aromatic rings. The predicted molar refractivity (Wildman–Crippen MR) is 221 cm³/mol. The number of rotatable bonds is 5. The first kappa shape index (κ1) is 36.3. The van der Waals surface area contributed by atoms with Crippen LogP contribution in [0.2, 0.25) is 5.02 Å². The molecule has 12 heteroatoms. The Morgan fingerprint density at radius 1 is 0.879 bits per heavy atom. The third kappa shape index (κ3) is 5.51. The van der Waals surface area contributed by atoms with Gasteiger partial charge in [-0.2, -0.15) is 4.98 Å². The Morgan fingerprint density at radius 2 is 1.67 bits per heavy atom. The number of anilines is 1. The molecule has 1 N–H and O–H groups in total. The topological polar surface area (TPSA) is 117 Å². The molecule has 11 rings (SSSR count). The average molecular weight is 801 g/mol. The number of amides is 3. The van der Waals surface area contributed by atoms with Crippen LogP contribution in [-0.2, 0) is 27.0 Å². The third-order valence-corrected chi connectivity index (χ3v) is 15.4. The number of benzene rings is 3. The van der Waals surface area contributed by atoms with Crippen LogP contribution >= 0.6 is 11.6 Å². The number of imide groups is 1. The van der Waals surface area contributed by atoms with Crippen molar-refractivity contribution in [2.24, 2.45) is 5.92 Å². The minimum absolute atomic E-state index is 0.0471. The molecule has 1 atom stereocenters. The number of likely N-dealkylation sites (tertiary alicyclic amines) is 1. The van der Waals surface area contributed by atoms with Crippen molar-refractivity contribution in [2.75, 3.05) is 44.2 Å². The van der Waals surface area contributed by atoms with Gasteiger partial charge >= 0.3 is 0 Å². The number of nitrogens with zero attached hydrogens (tertiary/aromatic N) is 5. The Bertz CT molecular complexity index is 2460. The highest BCUT2D eigenvalue weighted by Gasteiger charge is 2.49. The number of fused-ring (bicyclic) bond motifs is 11. The largest absolute Gasteiger partial charge is 0.492 e. The first-order chi connectivity index (χ1) is 28.2. The lowest BCUT2D eigenvalue weighted by atomic mass is 9.70. The summed E-state index contributed by atoms with van der Waals surface area (Å²) in [6.07, 6.45) is 11.7. The van der Waals surface area contributed by atoms with Gasteiger partial charge in [-0.1, -0.05) is 49.1 Å². The number of carbonyl (C=O) groups is 3. The molecular weight excluding hydrogens is 752 g/mol. The summed E-state index contributed by atoms with van der Waals surface area (Å²) in [5, 5.41) is 3.36. The molecule has 11 nitrogen and oxygen atoms in total. The lowest BCUT2D eigenvalue weighted by Crippen LogP contribution is -2.52. The Kier molecular flexibility index (Phi) is 8.56. The Labute approximate surface area is 342 Å². The van der Waals surface area contributed by atoms with Crippen LogP contribution < -0.4 is 20.5 Å². The van der Waals surface area contributed by atoms with E-state index in [1.165, 1.54) is 42.5 Å². The van der Waals surface area contributed by atoms with Crippen LogP contribution in [-0.4, -0.2) is 82.4 Å². The highest BCUT2D eigenvalue weighted by Crippen LogP contribution is 2.53. The van der Waals surface area contributed by atoms with Crippen LogP contribution in [0.25, 0.3) is 16.6 Å². The SMILES string of the molecule is O=C1CC[C@H](N2Cc3c(ccc4c3OCC43CCN(CCC4CCN(c5ccc6c(c5)-n5c(nc(=O)c7c(Cl)cccc75)C65CCCCC5)CC4)CC3)C2=O)C(=O)N1. The molecule has 7 aliphatic rings. The Hall–Kier alpha value is -4.74. The summed E-state index contributed by atoms with van der Waals surface area (Å²) >= 11 is 6.61. The molecule has 0 bridgehead atoms. The first-order valence-corrected chi connectivity index (χ1v) is 21.9. The van der Waals surface area contributed by atoms with Gasteiger partial charge in [0.1, 0.15) is 17.6 Å². The van der Waals surface area contributed by atoms with Gasteiger partial charge in [-0.25, -0.2) is 0 Å². The van der Waals surface area contributed by atoms with E-state index in [9.17, 15) is 19.2 Å². The van der Waals surface area contributed by atoms with Crippen LogP contribution in [0.1, 0.15) is 110 Å². The molecule has 3 saturated heterocycles. The molecule has 0 unspecified atom stereocenters. The van der Waals surface area contributed by atoms with Crippen molar-refractivity contribution in [3.8, 4) is 11.4 Å². The van der Waals surface area contributed by atoms with E-state index in [1.807, 2.05) is 18.2 Å². The summed E-state index contributed by atoms with van der Waals surface area (Å²) < 4.78 is 8.67. The molecule has 7 heterocycles. The second kappa shape index (κ2) is 13.7. The van der Waals surface area contributed by atoms with Gasteiger partial charge in [0.05, 0.1) is 40.2 Å². The minimum Gasteiger partial charge on any atom is -0.492 e. The third-order valence-electron chi connectivity index (χ3n) is 15.1. The van der Waals surface area contributed by atoms with Crippen LogP contribution in [0.5, 0.6) is 5.75 Å². The van der Waals surface area contributed by atoms with Gasteiger partial charge in [-0.3, -0.25) is 29.1 Å². The normalized spacial score (nSPS) is 23.6. The summed E-state index contributed by atoms with van der Waals surface area (Å²) in [6, 6.07) is 16.1. The molecule has 2 spiro atoms. The predicted octanol–water partition coefficient (Wildman–Crippen LogP) is 6.40. The molecule has 3 amide bonds. The highest BCUT2D eigenvalue weighted by molar-refractivity contribution is 6.35. The zero-order valence-electron chi connectivity index (χ0n) is 32.9. The first-order valence-electron chi connectivity index (χ1n) is 21.5. The quantitative estimate of drug-likeness (QED) is 0.231. The summed E-state index contributed by atoms with van der Waals surface area (Å²) in [4.78, 5) is 62.7. The van der Waals surface area contributed by atoms with Crippen molar-refractivity contribution in [3.63, 3.8) is 0 Å². The summed E-state index contributed by atoms with van der Waals surface area (Å²) in [5.74, 6) is 1.60. The number of carbonyl (C=O) groups excluding carboxylic acids is 3. The fourth-order valence-electron chi connectivity index (χ4n) is 11.8. The lowest BCUT2D eigenvalue weighted by Gasteiger charge is -2.40. The second-order valence-electron chi connectivity index (χ2n) is 18.1. The van der Waals surface area contributed by atoms with Crippen molar-refractivity contribution in [1.29, 1.82) is 0 Å². The molecule has 58 heavy (non-hydrogen) atoms. The summed E-state index contributed by atoms with van der Waals surface area (Å²) in [7, 11) is 0. The number of ether oxygens (including phenoxy) is 1. The van der Waals surface area contributed by atoms with Crippen molar-refractivity contribution in [1.82, 2.24) is 24.7 Å². The van der Waals surface area contributed by atoms with Crippen molar-refractivity contribution in [2.45, 2.75) is 100 Å². The molecular formula is C46H49ClN6O5. The van der Waals surface area contributed by atoms with Gasteiger partial charge in [0.15, 0.2) is 0 Å². The monoisotopic (exact) mass is 800 g/mol. The molecule has 1 aromatic heterocycles. The lowest BCUT2D eigenvalue weighted by molar-refractivity contribution is -0.136. The van der Waals surface area contributed by atoms with E-state index in [0.29, 0.717) is 41.5 Å². The van der Waals surface area contributed by atoms with Gasteiger partial charge in [0.25, 0.3) is 11.5 Å². The van der Waals surface area contributed by atoms with Crippen LogP contribution in [0.4, 0.5) is 5.69 Å². The average Bonchev–Trinajstić information content (AvgIpc) is 3.85. The molecule has 300 valence electrons. The zero-order chi connectivity index (χ0) is 39.3. The highest BCUT2D eigenvalue weighted by atomic mass is 35.5. The van der Waals surface area contributed by atoms with E-state index in [-0.39, 0.29) is 40.5 Å². The van der Waals surface area contributed by atoms with Crippen molar-refractivity contribution in [3.05, 3.63) is 92.0 Å². The molecule has 4 fully saturated rings. The van der Waals surface area contributed by atoms with E-state index in [4.69, 9.17) is 21.3 Å². The molecule has 1 aliphatic carbocycles. The number of hydrogen-bond acceptors (Lipinski definition) is 8. The van der Waals surface area contributed by atoms with Gasteiger partial charge in [-0.15, -0.1) is 0 Å².